The molecule has 0 saturated heterocycles. The van der Waals surface area contributed by atoms with Crippen LogP contribution >= 0.6 is 0 Å². The largest absolute Gasteiger partial charge is 0.387 e. The summed E-state index contributed by atoms with van der Waals surface area (Å²) in [4.78, 5) is 0. The van der Waals surface area contributed by atoms with Crippen LogP contribution in [0.3, 0.4) is 0 Å². The van der Waals surface area contributed by atoms with Gasteiger partial charge in [0.05, 0.1) is 0 Å². The molecule has 82 valence electrons. The molecular weight excluding hydrogens is 201 g/mol. The summed E-state index contributed by atoms with van der Waals surface area (Å²) in [7, 11) is 0. The highest BCUT2D eigenvalue weighted by molar-refractivity contribution is 5.66. The van der Waals surface area contributed by atoms with E-state index in [1.54, 1.807) is 12.1 Å². The molecule has 16 heavy (non-hydrogen) atoms. The van der Waals surface area contributed by atoms with Gasteiger partial charge in [0.1, 0.15) is 5.82 Å². The Hall–Kier alpha value is -1.83. The molecule has 0 amide bonds. The van der Waals surface area contributed by atoms with E-state index in [2.05, 4.69) is 18.0 Å². The van der Waals surface area contributed by atoms with E-state index in [9.17, 15) is 4.39 Å². The summed E-state index contributed by atoms with van der Waals surface area (Å²) >= 11 is 0. The number of nitrogens with one attached hydrogen (secondary N) is 1. The Bertz CT molecular complexity index is 440. The first-order valence-corrected chi connectivity index (χ1v) is 5.28. The van der Waals surface area contributed by atoms with Gasteiger partial charge in [-0.3, -0.25) is 0 Å². The fraction of sp³-hybridized carbons (Fsp3) is 0.143. The summed E-state index contributed by atoms with van der Waals surface area (Å²) in [6, 6.07) is 6.46. The van der Waals surface area contributed by atoms with Crippen LogP contribution in [0, 0.1) is 5.82 Å². The molecule has 0 aromatic heterocycles. The standard InChI is InChI=1S/C14H14FN/c1-11(10-12-6-8-16-9-7-12)13-2-4-14(15)5-3-13/h2-8,16H,1,9-10H2. The number of rotatable bonds is 3. The lowest BCUT2D eigenvalue weighted by molar-refractivity contribution is 0.627. The topological polar surface area (TPSA) is 12.0 Å². The van der Waals surface area contributed by atoms with Crippen molar-refractivity contribution in [2.24, 2.45) is 0 Å². The summed E-state index contributed by atoms with van der Waals surface area (Å²) in [6.45, 7) is 4.89. The monoisotopic (exact) mass is 215 g/mol. The number of allylic oxidation sites excluding steroid dienone is 3. The average molecular weight is 215 g/mol. The molecule has 1 nitrogen and oxygen atoms in total. The van der Waals surface area contributed by atoms with Gasteiger partial charge in [0.2, 0.25) is 0 Å². The van der Waals surface area contributed by atoms with Crippen molar-refractivity contribution in [3.8, 4) is 0 Å². The van der Waals surface area contributed by atoms with Gasteiger partial charge >= 0.3 is 0 Å². The van der Waals surface area contributed by atoms with E-state index < -0.39 is 0 Å². The fourth-order valence-electron chi connectivity index (χ4n) is 1.66. The molecule has 1 heterocycles. The molecule has 1 aliphatic rings. The molecule has 2 rings (SSSR count). The van der Waals surface area contributed by atoms with Crippen molar-refractivity contribution in [2.75, 3.05) is 6.54 Å². The fourth-order valence-corrected chi connectivity index (χ4v) is 1.66. The van der Waals surface area contributed by atoms with Gasteiger partial charge in [0.15, 0.2) is 0 Å². The number of halogens is 1. The molecule has 1 aliphatic heterocycles. The van der Waals surface area contributed by atoms with Crippen LogP contribution in [0.1, 0.15) is 12.0 Å². The molecule has 0 atom stereocenters. The predicted octanol–water partition coefficient (Wildman–Crippen LogP) is 3.27. The Morgan fingerprint density at radius 2 is 2.06 bits per heavy atom. The van der Waals surface area contributed by atoms with E-state index >= 15 is 0 Å². The smallest absolute Gasteiger partial charge is 0.123 e. The number of hydrogen-bond donors (Lipinski definition) is 1. The van der Waals surface area contributed by atoms with E-state index in [0.29, 0.717) is 0 Å². The van der Waals surface area contributed by atoms with Crippen LogP contribution in [0.4, 0.5) is 4.39 Å². The number of dihydropyridines is 1. The van der Waals surface area contributed by atoms with Crippen molar-refractivity contribution in [3.63, 3.8) is 0 Å². The second-order valence-corrected chi connectivity index (χ2v) is 3.81. The van der Waals surface area contributed by atoms with Gasteiger partial charge < -0.3 is 5.32 Å². The van der Waals surface area contributed by atoms with E-state index in [-0.39, 0.29) is 5.82 Å². The molecule has 2 heteroatoms. The molecule has 0 spiro atoms. The second-order valence-electron chi connectivity index (χ2n) is 3.81. The molecular formula is C14H14FN. The number of benzene rings is 1. The minimum atomic E-state index is -0.211. The summed E-state index contributed by atoms with van der Waals surface area (Å²) in [5.41, 5.74) is 3.25. The Labute approximate surface area is 95.0 Å². The Balaban J connectivity index is 2.05. The van der Waals surface area contributed by atoms with Crippen molar-refractivity contribution >= 4 is 5.57 Å². The lowest BCUT2D eigenvalue weighted by Gasteiger charge is -2.10. The Morgan fingerprint density at radius 3 is 2.69 bits per heavy atom. The van der Waals surface area contributed by atoms with Crippen molar-refractivity contribution in [3.05, 3.63) is 66.2 Å². The van der Waals surface area contributed by atoms with Crippen LogP contribution in [-0.4, -0.2) is 6.54 Å². The molecule has 0 bridgehead atoms. The first-order valence-electron chi connectivity index (χ1n) is 5.28. The zero-order chi connectivity index (χ0) is 11.4. The third-order valence-electron chi connectivity index (χ3n) is 2.57. The lowest BCUT2D eigenvalue weighted by atomic mass is 9.99. The van der Waals surface area contributed by atoms with Gasteiger partial charge in [-0.05, 0) is 47.5 Å². The maximum atomic E-state index is 12.7. The minimum Gasteiger partial charge on any atom is -0.387 e. The molecule has 0 unspecified atom stereocenters. The average Bonchev–Trinajstić information content (AvgIpc) is 2.31. The summed E-state index contributed by atoms with van der Waals surface area (Å²) in [5.74, 6) is -0.211. The maximum absolute atomic E-state index is 12.7. The van der Waals surface area contributed by atoms with E-state index in [0.717, 1.165) is 24.1 Å². The van der Waals surface area contributed by atoms with E-state index in [1.807, 2.05) is 12.3 Å². The van der Waals surface area contributed by atoms with Crippen LogP contribution in [0.25, 0.3) is 5.57 Å². The quantitative estimate of drug-likeness (QED) is 0.816. The van der Waals surface area contributed by atoms with Crippen LogP contribution in [0.15, 0.2) is 54.8 Å². The zero-order valence-electron chi connectivity index (χ0n) is 9.04. The van der Waals surface area contributed by atoms with E-state index in [4.69, 9.17) is 0 Å². The number of hydrogen-bond acceptors (Lipinski definition) is 1. The van der Waals surface area contributed by atoms with Gasteiger partial charge in [-0.2, -0.15) is 0 Å². The maximum Gasteiger partial charge on any atom is 0.123 e. The van der Waals surface area contributed by atoms with Gasteiger partial charge in [-0.1, -0.05) is 24.8 Å². The van der Waals surface area contributed by atoms with Gasteiger partial charge in [0, 0.05) is 6.54 Å². The predicted molar refractivity (Wildman–Crippen MR) is 65.3 cm³/mol. The summed E-state index contributed by atoms with van der Waals surface area (Å²) in [6.07, 6.45) is 6.92. The third-order valence-corrected chi connectivity index (χ3v) is 2.57. The summed E-state index contributed by atoms with van der Waals surface area (Å²) in [5, 5.41) is 3.10. The molecule has 1 aromatic rings. The van der Waals surface area contributed by atoms with Gasteiger partial charge in [-0.25, -0.2) is 4.39 Å². The molecule has 0 aliphatic carbocycles. The first kappa shape index (κ1) is 10.7. The Morgan fingerprint density at radius 1 is 1.31 bits per heavy atom. The van der Waals surface area contributed by atoms with Gasteiger partial charge in [0.25, 0.3) is 0 Å². The minimum absolute atomic E-state index is 0.211. The van der Waals surface area contributed by atoms with Crippen molar-refractivity contribution in [1.29, 1.82) is 0 Å². The first-order chi connectivity index (χ1) is 7.75. The molecule has 0 radical (unpaired) electrons. The van der Waals surface area contributed by atoms with E-state index in [1.165, 1.54) is 17.7 Å². The van der Waals surface area contributed by atoms with Gasteiger partial charge in [-0.15, -0.1) is 0 Å². The summed E-state index contributed by atoms with van der Waals surface area (Å²) < 4.78 is 12.7. The zero-order valence-corrected chi connectivity index (χ0v) is 9.04. The van der Waals surface area contributed by atoms with Crippen LogP contribution in [0.5, 0.6) is 0 Å². The van der Waals surface area contributed by atoms with Crippen molar-refractivity contribution in [2.45, 2.75) is 6.42 Å². The molecule has 0 saturated carbocycles. The van der Waals surface area contributed by atoms with Crippen LogP contribution < -0.4 is 5.32 Å². The highest BCUT2D eigenvalue weighted by Crippen LogP contribution is 2.22. The highest BCUT2D eigenvalue weighted by atomic mass is 19.1. The second kappa shape index (κ2) is 4.79. The van der Waals surface area contributed by atoms with Crippen molar-refractivity contribution in [1.82, 2.24) is 5.32 Å². The third kappa shape index (κ3) is 2.60. The normalized spacial score (nSPS) is 14.2. The molecule has 0 fully saturated rings. The lowest BCUT2D eigenvalue weighted by Crippen LogP contribution is -2.08. The van der Waals surface area contributed by atoms with Crippen LogP contribution in [-0.2, 0) is 0 Å². The van der Waals surface area contributed by atoms with Crippen LogP contribution in [0.2, 0.25) is 0 Å². The Kier molecular flexibility index (Phi) is 3.20. The molecule has 1 N–H and O–H groups in total. The molecule has 1 aromatic carbocycles. The SMILES string of the molecule is C=C(CC1=CCNC=C1)c1ccc(F)cc1. The highest BCUT2D eigenvalue weighted by Gasteiger charge is 2.03. The van der Waals surface area contributed by atoms with Crippen molar-refractivity contribution < 1.29 is 4.39 Å².